The molecule has 1 aromatic carbocycles. The van der Waals surface area contributed by atoms with Crippen LogP contribution in [0.4, 0.5) is 0 Å². The lowest BCUT2D eigenvalue weighted by atomic mass is 10.2. The monoisotopic (exact) mass is 380 g/mol. The topological polar surface area (TPSA) is 48.1 Å². The molecule has 0 aliphatic rings. The third kappa shape index (κ3) is 3.33. The molecule has 0 amide bonds. The molecule has 7 heteroatoms. The molecule has 0 fully saturated rings. The Kier molecular flexibility index (Phi) is 4.92. The molecule has 2 aromatic rings. The number of nitrogens with two attached hydrogens (primary N) is 1. The second-order valence-corrected chi connectivity index (χ2v) is 5.64. The van der Waals surface area contributed by atoms with Crippen LogP contribution in [0.15, 0.2) is 28.9 Å². The molecular weight excluding hydrogens is 374 g/mol. The first kappa shape index (κ1) is 14.9. The highest BCUT2D eigenvalue weighted by Crippen LogP contribution is 2.38. The zero-order valence-electron chi connectivity index (χ0n) is 9.46. The van der Waals surface area contributed by atoms with Gasteiger partial charge in [0, 0.05) is 23.3 Å². The van der Waals surface area contributed by atoms with Crippen LogP contribution in [0.1, 0.15) is 5.56 Å². The Morgan fingerprint density at radius 3 is 2.63 bits per heavy atom. The maximum Gasteiger partial charge on any atom is 0.238 e. The van der Waals surface area contributed by atoms with Crippen LogP contribution in [0.25, 0.3) is 0 Å². The number of nitrogens with zero attached hydrogens (tertiary/aromatic N) is 1. The minimum Gasteiger partial charge on any atom is -0.436 e. The average molecular weight is 382 g/mol. The van der Waals surface area contributed by atoms with Crippen molar-refractivity contribution in [1.82, 2.24) is 4.98 Å². The summed E-state index contributed by atoms with van der Waals surface area (Å²) >= 11 is 21.5. The van der Waals surface area contributed by atoms with Crippen molar-refractivity contribution in [2.75, 3.05) is 0 Å². The molecule has 0 spiro atoms. The van der Waals surface area contributed by atoms with Crippen LogP contribution in [0.3, 0.4) is 0 Å². The lowest BCUT2D eigenvalue weighted by Crippen LogP contribution is -1.99. The van der Waals surface area contributed by atoms with Gasteiger partial charge in [0.15, 0.2) is 0 Å². The maximum absolute atomic E-state index is 6.13. The molecule has 0 aliphatic heterocycles. The van der Waals surface area contributed by atoms with Gasteiger partial charge in [-0.25, -0.2) is 4.98 Å². The van der Waals surface area contributed by atoms with Crippen LogP contribution in [0.5, 0.6) is 11.6 Å². The predicted octanol–water partition coefficient (Wildman–Crippen LogP) is 5.06. The summed E-state index contributed by atoms with van der Waals surface area (Å²) in [6, 6.07) is 4.95. The van der Waals surface area contributed by atoms with Gasteiger partial charge in [-0.1, -0.05) is 34.8 Å². The minimum atomic E-state index is 0.241. The Bertz CT molecular complexity index is 622. The zero-order chi connectivity index (χ0) is 14.0. The Morgan fingerprint density at radius 1 is 1.21 bits per heavy atom. The van der Waals surface area contributed by atoms with Crippen LogP contribution in [0.2, 0.25) is 15.1 Å². The molecule has 0 saturated heterocycles. The summed E-state index contributed by atoms with van der Waals surface area (Å²) in [5.74, 6) is 0.614. The number of rotatable bonds is 3. The van der Waals surface area contributed by atoms with Gasteiger partial charge >= 0.3 is 0 Å². The average Bonchev–Trinajstić information content (AvgIpc) is 2.38. The third-order valence-electron chi connectivity index (χ3n) is 2.34. The van der Waals surface area contributed by atoms with Crippen LogP contribution in [-0.2, 0) is 6.54 Å². The summed E-state index contributed by atoms with van der Waals surface area (Å²) in [6.07, 6.45) is 1.57. The van der Waals surface area contributed by atoms with E-state index in [0.717, 1.165) is 5.56 Å². The Labute approximate surface area is 133 Å². The predicted molar refractivity (Wildman–Crippen MR) is 81.4 cm³/mol. The lowest BCUT2D eigenvalue weighted by molar-refractivity contribution is 0.462. The first-order valence-electron chi connectivity index (χ1n) is 5.18. The Hall–Kier alpha value is -0.520. The van der Waals surface area contributed by atoms with Crippen molar-refractivity contribution in [2.24, 2.45) is 5.73 Å². The van der Waals surface area contributed by atoms with Crippen molar-refractivity contribution < 1.29 is 4.74 Å². The molecule has 0 saturated carbocycles. The van der Waals surface area contributed by atoms with E-state index in [-0.39, 0.29) is 5.88 Å². The molecule has 0 unspecified atom stereocenters. The molecule has 3 nitrogen and oxygen atoms in total. The van der Waals surface area contributed by atoms with Crippen molar-refractivity contribution in [2.45, 2.75) is 6.54 Å². The van der Waals surface area contributed by atoms with Gasteiger partial charge in [0.25, 0.3) is 0 Å². The van der Waals surface area contributed by atoms with Gasteiger partial charge in [0.2, 0.25) is 5.88 Å². The van der Waals surface area contributed by atoms with Crippen LogP contribution < -0.4 is 10.5 Å². The largest absolute Gasteiger partial charge is 0.436 e. The van der Waals surface area contributed by atoms with Gasteiger partial charge in [-0.3, -0.25) is 0 Å². The van der Waals surface area contributed by atoms with Gasteiger partial charge in [0.05, 0.1) is 10.0 Å². The van der Waals surface area contributed by atoms with E-state index in [1.165, 1.54) is 0 Å². The van der Waals surface area contributed by atoms with Crippen molar-refractivity contribution in [3.05, 3.63) is 49.5 Å². The number of hydrogen-bond donors (Lipinski definition) is 1. The second kappa shape index (κ2) is 6.29. The summed E-state index contributed by atoms with van der Waals surface area (Å²) in [5.41, 5.74) is 6.31. The summed E-state index contributed by atoms with van der Waals surface area (Å²) in [4.78, 5) is 4.05. The van der Waals surface area contributed by atoms with Crippen LogP contribution in [-0.4, -0.2) is 4.98 Å². The number of hydrogen-bond acceptors (Lipinski definition) is 3. The quantitative estimate of drug-likeness (QED) is 0.755. The molecule has 2 rings (SSSR count). The maximum atomic E-state index is 6.13. The summed E-state index contributed by atoms with van der Waals surface area (Å²) < 4.78 is 6.26. The number of aromatic nitrogens is 1. The molecule has 1 aromatic heterocycles. The zero-order valence-corrected chi connectivity index (χ0v) is 13.3. The molecule has 0 bridgehead atoms. The van der Waals surface area contributed by atoms with E-state index >= 15 is 0 Å². The highest BCUT2D eigenvalue weighted by atomic mass is 79.9. The second-order valence-electron chi connectivity index (χ2n) is 3.59. The molecular formula is C12H8BrCl3N2O. The Balaban J connectivity index is 2.39. The van der Waals surface area contributed by atoms with E-state index in [1.807, 2.05) is 0 Å². The van der Waals surface area contributed by atoms with E-state index in [4.69, 9.17) is 45.3 Å². The van der Waals surface area contributed by atoms with Crippen molar-refractivity contribution in [1.29, 1.82) is 0 Å². The Morgan fingerprint density at radius 2 is 1.95 bits per heavy atom. The summed E-state index contributed by atoms with van der Waals surface area (Å²) in [7, 11) is 0. The van der Waals surface area contributed by atoms with E-state index in [0.29, 0.717) is 31.8 Å². The van der Waals surface area contributed by atoms with Crippen molar-refractivity contribution in [3.63, 3.8) is 0 Å². The molecule has 1 heterocycles. The highest BCUT2D eigenvalue weighted by Gasteiger charge is 2.12. The number of ether oxygens (including phenoxy) is 1. The molecule has 0 atom stereocenters. The van der Waals surface area contributed by atoms with Crippen molar-refractivity contribution in [3.8, 4) is 11.6 Å². The summed E-state index contributed by atoms with van der Waals surface area (Å²) in [5, 5.41) is 1.23. The van der Waals surface area contributed by atoms with E-state index < -0.39 is 0 Å². The molecule has 0 radical (unpaired) electrons. The SMILES string of the molecule is NCc1ccnc(Oc2cc(Cl)c(Br)cc2Cl)c1Cl. The van der Waals surface area contributed by atoms with Crippen LogP contribution >= 0.6 is 50.7 Å². The smallest absolute Gasteiger partial charge is 0.238 e. The number of benzene rings is 1. The third-order valence-corrected chi connectivity index (χ3v) is 4.24. The van der Waals surface area contributed by atoms with Gasteiger partial charge in [-0.2, -0.15) is 0 Å². The van der Waals surface area contributed by atoms with Gasteiger partial charge in [0.1, 0.15) is 10.8 Å². The summed E-state index contributed by atoms with van der Waals surface area (Å²) in [6.45, 7) is 0.298. The first-order valence-corrected chi connectivity index (χ1v) is 7.11. The fraction of sp³-hybridized carbons (Fsp3) is 0.0833. The molecule has 19 heavy (non-hydrogen) atoms. The van der Waals surface area contributed by atoms with E-state index in [2.05, 4.69) is 20.9 Å². The molecule has 0 aliphatic carbocycles. The number of halogens is 4. The minimum absolute atomic E-state index is 0.241. The standard InChI is InChI=1S/C12H8BrCl3N2O/c13-7-3-9(15)10(4-8(7)14)19-12-11(16)6(5-17)1-2-18-12/h1-4H,5,17H2. The van der Waals surface area contributed by atoms with Crippen LogP contribution in [0, 0.1) is 0 Å². The first-order chi connectivity index (χ1) is 9.02. The van der Waals surface area contributed by atoms with E-state index in [9.17, 15) is 0 Å². The molecule has 2 N–H and O–H groups in total. The number of pyridine rings is 1. The van der Waals surface area contributed by atoms with Gasteiger partial charge in [-0.15, -0.1) is 0 Å². The van der Waals surface area contributed by atoms with E-state index in [1.54, 1.807) is 24.4 Å². The van der Waals surface area contributed by atoms with Crippen molar-refractivity contribution >= 4 is 50.7 Å². The fourth-order valence-electron chi connectivity index (χ4n) is 1.38. The fourth-order valence-corrected chi connectivity index (χ4v) is 2.44. The van der Waals surface area contributed by atoms with Gasteiger partial charge in [-0.05, 0) is 33.6 Å². The van der Waals surface area contributed by atoms with Gasteiger partial charge < -0.3 is 10.5 Å². The lowest BCUT2D eigenvalue weighted by Gasteiger charge is -2.11. The highest BCUT2D eigenvalue weighted by molar-refractivity contribution is 9.10. The molecule has 100 valence electrons. The normalized spacial score (nSPS) is 10.6.